The first-order valence-electron chi connectivity index (χ1n) is 4.80. The van der Waals surface area contributed by atoms with Gasteiger partial charge in [0.15, 0.2) is 0 Å². The zero-order chi connectivity index (χ0) is 11.5. The van der Waals surface area contributed by atoms with Gasteiger partial charge in [-0.2, -0.15) is 0 Å². The van der Waals surface area contributed by atoms with E-state index in [1.165, 1.54) is 37.4 Å². The molecule has 82 valence electrons. The average molecular weight is 220 g/mol. The quantitative estimate of drug-likeness (QED) is 0.750. The monoisotopic (exact) mass is 220 g/mol. The minimum Gasteiger partial charge on any atom is -0.497 e. The van der Waals surface area contributed by atoms with Crippen LogP contribution in [0.1, 0.15) is 0 Å². The molecule has 0 bridgehead atoms. The molecule has 0 radical (unpaired) electrons. The fraction of sp³-hybridized carbons (Fsp3) is 0.0769. The summed E-state index contributed by atoms with van der Waals surface area (Å²) in [5.74, 6) is -0.125. The SMILES string of the molecule is COc1ccc(F)c(-c2ccc(F)cc2)c1. The van der Waals surface area contributed by atoms with E-state index in [0.717, 1.165) is 0 Å². The molecule has 16 heavy (non-hydrogen) atoms. The maximum absolute atomic E-state index is 13.5. The number of hydrogen-bond donors (Lipinski definition) is 0. The maximum atomic E-state index is 13.5. The van der Waals surface area contributed by atoms with Crippen molar-refractivity contribution in [3.63, 3.8) is 0 Å². The lowest BCUT2D eigenvalue weighted by Crippen LogP contribution is -1.88. The number of halogens is 2. The first-order chi connectivity index (χ1) is 7.70. The van der Waals surface area contributed by atoms with Gasteiger partial charge in [0, 0.05) is 5.56 Å². The van der Waals surface area contributed by atoms with E-state index >= 15 is 0 Å². The van der Waals surface area contributed by atoms with Crippen molar-refractivity contribution in [2.45, 2.75) is 0 Å². The van der Waals surface area contributed by atoms with Crippen LogP contribution in [0.5, 0.6) is 5.75 Å². The Bertz CT molecular complexity index is 492. The van der Waals surface area contributed by atoms with Gasteiger partial charge in [-0.05, 0) is 35.9 Å². The maximum Gasteiger partial charge on any atom is 0.131 e. The second-order valence-electron chi connectivity index (χ2n) is 3.35. The van der Waals surface area contributed by atoms with Crippen LogP contribution in [0.2, 0.25) is 0 Å². The Balaban J connectivity index is 2.50. The number of hydrogen-bond acceptors (Lipinski definition) is 1. The summed E-state index contributed by atoms with van der Waals surface area (Å²) in [4.78, 5) is 0. The zero-order valence-corrected chi connectivity index (χ0v) is 8.71. The van der Waals surface area contributed by atoms with E-state index < -0.39 is 0 Å². The molecule has 0 saturated heterocycles. The molecule has 2 aromatic rings. The van der Waals surface area contributed by atoms with Crippen LogP contribution in [0.3, 0.4) is 0 Å². The highest BCUT2D eigenvalue weighted by atomic mass is 19.1. The van der Waals surface area contributed by atoms with Crippen LogP contribution >= 0.6 is 0 Å². The topological polar surface area (TPSA) is 9.23 Å². The van der Waals surface area contributed by atoms with Gasteiger partial charge in [-0.15, -0.1) is 0 Å². The molecule has 0 saturated carbocycles. The highest BCUT2D eigenvalue weighted by molar-refractivity contribution is 5.65. The van der Waals surface area contributed by atoms with E-state index in [0.29, 0.717) is 16.9 Å². The van der Waals surface area contributed by atoms with E-state index in [1.807, 2.05) is 0 Å². The molecular formula is C13H10F2O. The van der Waals surface area contributed by atoms with Crippen molar-refractivity contribution in [1.82, 2.24) is 0 Å². The van der Waals surface area contributed by atoms with Gasteiger partial charge in [0.25, 0.3) is 0 Å². The van der Waals surface area contributed by atoms with Crippen molar-refractivity contribution in [1.29, 1.82) is 0 Å². The lowest BCUT2D eigenvalue weighted by Gasteiger charge is -2.06. The Kier molecular flexibility index (Phi) is 2.86. The van der Waals surface area contributed by atoms with Gasteiger partial charge in [0.1, 0.15) is 17.4 Å². The van der Waals surface area contributed by atoms with Gasteiger partial charge in [-0.25, -0.2) is 8.78 Å². The first kappa shape index (κ1) is 10.6. The van der Waals surface area contributed by atoms with Gasteiger partial charge in [0.2, 0.25) is 0 Å². The van der Waals surface area contributed by atoms with Gasteiger partial charge in [-0.3, -0.25) is 0 Å². The number of methoxy groups -OCH3 is 1. The molecular weight excluding hydrogens is 210 g/mol. The molecule has 0 heterocycles. The van der Waals surface area contributed by atoms with Crippen molar-refractivity contribution in [2.75, 3.05) is 7.11 Å². The van der Waals surface area contributed by atoms with Crippen molar-refractivity contribution in [3.05, 3.63) is 54.1 Å². The van der Waals surface area contributed by atoms with E-state index in [9.17, 15) is 8.78 Å². The summed E-state index contributed by atoms with van der Waals surface area (Å²) in [7, 11) is 1.52. The Labute approximate surface area is 92.3 Å². The zero-order valence-electron chi connectivity index (χ0n) is 8.71. The van der Waals surface area contributed by atoms with Crippen molar-refractivity contribution in [2.24, 2.45) is 0 Å². The smallest absolute Gasteiger partial charge is 0.131 e. The fourth-order valence-corrected chi connectivity index (χ4v) is 1.48. The number of rotatable bonds is 2. The van der Waals surface area contributed by atoms with Crippen molar-refractivity contribution in [3.8, 4) is 16.9 Å². The van der Waals surface area contributed by atoms with Crippen LogP contribution in [0, 0.1) is 11.6 Å². The van der Waals surface area contributed by atoms with Crippen LogP contribution in [0.25, 0.3) is 11.1 Å². The molecule has 0 fully saturated rings. The summed E-state index contributed by atoms with van der Waals surface area (Å²) >= 11 is 0. The van der Waals surface area contributed by atoms with E-state index in [4.69, 9.17) is 4.74 Å². The molecule has 2 rings (SSSR count). The normalized spacial score (nSPS) is 10.2. The highest BCUT2D eigenvalue weighted by Crippen LogP contribution is 2.26. The van der Waals surface area contributed by atoms with Crippen LogP contribution in [-0.4, -0.2) is 7.11 Å². The summed E-state index contributed by atoms with van der Waals surface area (Å²) in [6.45, 7) is 0. The largest absolute Gasteiger partial charge is 0.497 e. The van der Waals surface area contributed by atoms with E-state index in [2.05, 4.69) is 0 Å². The van der Waals surface area contributed by atoms with Crippen LogP contribution in [-0.2, 0) is 0 Å². The first-order valence-corrected chi connectivity index (χ1v) is 4.80. The van der Waals surface area contributed by atoms with Crippen LogP contribution < -0.4 is 4.74 Å². The van der Waals surface area contributed by atoms with Crippen LogP contribution in [0.4, 0.5) is 8.78 Å². The fourth-order valence-electron chi connectivity index (χ4n) is 1.48. The molecule has 2 aromatic carbocycles. The minimum atomic E-state index is -0.354. The molecule has 0 N–H and O–H groups in total. The molecule has 0 atom stereocenters. The molecule has 0 aliphatic heterocycles. The Morgan fingerprint density at radius 3 is 2.25 bits per heavy atom. The average Bonchev–Trinajstić information content (AvgIpc) is 2.31. The molecule has 3 heteroatoms. The van der Waals surface area contributed by atoms with Gasteiger partial charge in [0.05, 0.1) is 7.11 Å². The predicted octanol–water partition coefficient (Wildman–Crippen LogP) is 3.64. The lowest BCUT2D eigenvalue weighted by molar-refractivity contribution is 0.414. The molecule has 0 amide bonds. The second kappa shape index (κ2) is 4.31. The van der Waals surface area contributed by atoms with Gasteiger partial charge in [-0.1, -0.05) is 12.1 Å². The Morgan fingerprint density at radius 1 is 0.938 bits per heavy atom. The van der Waals surface area contributed by atoms with E-state index in [1.54, 1.807) is 12.1 Å². The Morgan fingerprint density at radius 2 is 1.62 bits per heavy atom. The van der Waals surface area contributed by atoms with E-state index in [-0.39, 0.29) is 11.6 Å². The summed E-state index contributed by atoms with van der Waals surface area (Å²) in [6, 6.07) is 10.1. The molecule has 1 nitrogen and oxygen atoms in total. The third-order valence-corrected chi connectivity index (χ3v) is 2.33. The summed E-state index contributed by atoms with van der Waals surface area (Å²) < 4.78 is 31.3. The summed E-state index contributed by atoms with van der Waals surface area (Å²) in [5.41, 5.74) is 1.03. The standard InChI is InChI=1S/C13H10F2O/c1-16-11-6-7-13(15)12(8-11)9-2-4-10(14)5-3-9/h2-8H,1H3. The third kappa shape index (κ3) is 2.03. The number of ether oxygens (including phenoxy) is 1. The molecule has 0 aliphatic rings. The molecule has 0 unspecified atom stereocenters. The second-order valence-corrected chi connectivity index (χ2v) is 3.35. The summed E-state index contributed by atoms with van der Waals surface area (Å²) in [6.07, 6.45) is 0. The van der Waals surface area contributed by atoms with Crippen molar-refractivity contribution < 1.29 is 13.5 Å². The van der Waals surface area contributed by atoms with Crippen LogP contribution in [0.15, 0.2) is 42.5 Å². The molecule has 0 aliphatic carbocycles. The third-order valence-electron chi connectivity index (χ3n) is 2.33. The van der Waals surface area contributed by atoms with Gasteiger partial charge < -0.3 is 4.74 Å². The van der Waals surface area contributed by atoms with Crippen molar-refractivity contribution >= 4 is 0 Å². The molecule has 0 aromatic heterocycles. The molecule has 0 spiro atoms. The predicted molar refractivity (Wildman–Crippen MR) is 58.3 cm³/mol. The minimum absolute atomic E-state index is 0.341. The number of benzene rings is 2. The Hall–Kier alpha value is -1.90. The lowest BCUT2D eigenvalue weighted by atomic mass is 10.0. The summed E-state index contributed by atoms with van der Waals surface area (Å²) in [5, 5.41) is 0. The van der Waals surface area contributed by atoms with Gasteiger partial charge >= 0.3 is 0 Å². The highest BCUT2D eigenvalue weighted by Gasteiger charge is 2.06.